The summed E-state index contributed by atoms with van der Waals surface area (Å²) in [5, 5.41) is 2.92. The van der Waals surface area contributed by atoms with Gasteiger partial charge >= 0.3 is 0 Å². The third-order valence-electron chi connectivity index (χ3n) is 5.94. The molecule has 0 aromatic heterocycles. The Morgan fingerprint density at radius 1 is 0.971 bits per heavy atom. The van der Waals surface area contributed by atoms with Gasteiger partial charge in [0.15, 0.2) is 0 Å². The Bertz CT molecular complexity index is 1050. The van der Waals surface area contributed by atoms with Crippen LogP contribution < -0.4 is 9.62 Å². The average Bonchev–Trinajstić information content (AvgIpc) is 2.82. The molecule has 0 aliphatic heterocycles. The zero-order valence-electron chi connectivity index (χ0n) is 21.5. The minimum Gasteiger partial charge on any atom is -0.354 e. The average molecular weight is 502 g/mol. The number of amides is 2. The number of unbranched alkanes of at least 4 members (excludes halogenated alkanes) is 1. The summed E-state index contributed by atoms with van der Waals surface area (Å²) in [4.78, 5) is 28.1. The van der Waals surface area contributed by atoms with Gasteiger partial charge in [-0.15, -0.1) is 0 Å². The van der Waals surface area contributed by atoms with Crippen LogP contribution in [0, 0.1) is 0 Å². The van der Waals surface area contributed by atoms with Gasteiger partial charge in [0, 0.05) is 13.1 Å². The van der Waals surface area contributed by atoms with Crippen molar-refractivity contribution in [2.75, 3.05) is 23.7 Å². The van der Waals surface area contributed by atoms with Crippen molar-refractivity contribution in [3.8, 4) is 0 Å². The van der Waals surface area contributed by atoms with Crippen LogP contribution in [-0.2, 0) is 26.2 Å². The fraction of sp³-hybridized carbons (Fsp3) is 0.481. The van der Waals surface area contributed by atoms with E-state index in [2.05, 4.69) is 19.2 Å². The highest BCUT2D eigenvalue weighted by molar-refractivity contribution is 7.92. The molecule has 192 valence electrons. The molecule has 8 heteroatoms. The van der Waals surface area contributed by atoms with Crippen LogP contribution in [0.2, 0.25) is 0 Å². The molecule has 1 atom stereocenters. The van der Waals surface area contributed by atoms with Crippen LogP contribution in [0.5, 0.6) is 0 Å². The number of carbonyl (C=O) groups is 2. The molecule has 1 N–H and O–H groups in total. The molecule has 0 bridgehead atoms. The van der Waals surface area contributed by atoms with Crippen molar-refractivity contribution in [1.82, 2.24) is 10.2 Å². The van der Waals surface area contributed by atoms with Crippen LogP contribution in [0.15, 0.2) is 54.6 Å². The largest absolute Gasteiger partial charge is 0.354 e. The second-order valence-corrected chi connectivity index (χ2v) is 11.0. The van der Waals surface area contributed by atoms with Gasteiger partial charge in [0.1, 0.15) is 12.6 Å². The number of rotatable bonds is 13. The number of hydrogen-bond donors (Lipinski definition) is 1. The molecule has 0 fully saturated rings. The smallest absolute Gasteiger partial charge is 0.244 e. The zero-order valence-corrected chi connectivity index (χ0v) is 22.3. The van der Waals surface area contributed by atoms with Gasteiger partial charge in [-0.3, -0.25) is 13.9 Å². The number of nitrogens with one attached hydrogen (secondary N) is 1. The van der Waals surface area contributed by atoms with E-state index < -0.39 is 22.0 Å². The summed E-state index contributed by atoms with van der Waals surface area (Å²) in [5.74, 6) is -0.350. The Labute approximate surface area is 210 Å². The van der Waals surface area contributed by atoms with Crippen LogP contribution in [0.4, 0.5) is 5.69 Å². The molecule has 0 heterocycles. The van der Waals surface area contributed by atoms with Crippen LogP contribution in [0.3, 0.4) is 0 Å². The molecule has 2 aromatic carbocycles. The minimum atomic E-state index is -3.74. The van der Waals surface area contributed by atoms with E-state index in [0.717, 1.165) is 34.5 Å². The molecule has 2 amide bonds. The lowest BCUT2D eigenvalue weighted by Crippen LogP contribution is -2.52. The highest BCUT2D eigenvalue weighted by atomic mass is 32.2. The Hall–Kier alpha value is -2.87. The van der Waals surface area contributed by atoms with Gasteiger partial charge in [-0.1, -0.05) is 76.6 Å². The number of benzene rings is 2. The van der Waals surface area contributed by atoms with Crippen LogP contribution in [0.1, 0.15) is 64.0 Å². The normalized spacial score (nSPS) is 12.3. The SMILES string of the molecule is CCCCNC(=O)C(CC)N(Cc1ccccc1)C(=O)CN(c1ccc(C(C)C)cc1)S(C)(=O)=O. The molecule has 0 radical (unpaired) electrons. The van der Waals surface area contributed by atoms with Gasteiger partial charge in [-0.25, -0.2) is 8.42 Å². The Morgan fingerprint density at radius 2 is 1.60 bits per heavy atom. The molecule has 35 heavy (non-hydrogen) atoms. The molecule has 0 saturated carbocycles. The molecule has 0 aliphatic carbocycles. The topological polar surface area (TPSA) is 86.8 Å². The third-order valence-corrected chi connectivity index (χ3v) is 7.08. The molecule has 0 saturated heterocycles. The third kappa shape index (κ3) is 8.38. The Morgan fingerprint density at radius 3 is 2.11 bits per heavy atom. The standard InChI is InChI=1S/C27H39N3O4S/c1-6-8-18-28-27(32)25(7-2)29(19-22-12-10-9-11-13-22)26(31)20-30(35(5,33)34)24-16-14-23(15-17-24)21(3)4/h9-17,21,25H,6-8,18-20H2,1-5H3,(H,28,32). The van der Waals surface area contributed by atoms with Crippen molar-refractivity contribution in [2.45, 2.75) is 65.5 Å². The number of hydrogen-bond acceptors (Lipinski definition) is 4. The first-order valence-corrected chi connectivity index (χ1v) is 14.1. The first-order chi connectivity index (χ1) is 16.6. The Kier molecular flexibility index (Phi) is 10.8. The van der Waals surface area contributed by atoms with Gasteiger partial charge in [0.05, 0.1) is 11.9 Å². The van der Waals surface area contributed by atoms with Crippen LogP contribution >= 0.6 is 0 Å². The van der Waals surface area contributed by atoms with Gasteiger partial charge in [0.2, 0.25) is 21.8 Å². The molecule has 1 unspecified atom stereocenters. The summed E-state index contributed by atoms with van der Waals surface area (Å²) in [6, 6.07) is 15.9. The predicted octanol–water partition coefficient (Wildman–Crippen LogP) is 4.30. The van der Waals surface area contributed by atoms with E-state index in [1.807, 2.05) is 56.3 Å². The van der Waals surface area contributed by atoms with E-state index in [9.17, 15) is 18.0 Å². The molecule has 0 aliphatic rings. The van der Waals surface area contributed by atoms with Crippen molar-refractivity contribution in [3.63, 3.8) is 0 Å². The number of nitrogens with zero attached hydrogens (tertiary/aromatic N) is 2. The summed E-state index contributed by atoms with van der Waals surface area (Å²) in [6.45, 7) is 8.39. The zero-order chi connectivity index (χ0) is 26.0. The summed E-state index contributed by atoms with van der Waals surface area (Å²) >= 11 is 0. The lowest BCUT2D eigenvalue weighted by atomic mass is 10.0. The molecular formula is C27H39N3O4S. The minimum absolute atomic E-state index is 0.212. The molecule has 2 rings (SSSR count). The molecule has 0 spiro atoms. The van der Waals surface area contributed by atoms with Gasteiger partial charge in [-0.05, 0) is 42.0 Å². The maximum atomic E-state index is 13.6. The fourth-order valence-corrected chi connectivity index (χ4v) is 4.69. The predicted molar refractivity (Wildman–Crippen MR) is 142 cm³/mol. The van der Waals surface area contributed by atoms with E-state index >= 15 is 0 Å². The molecular weight excluding hydrogens is 462 g/mol. The fourth-order valence-electron chi connectivity index (χ4n) is 3.84. The number of sulfonamides is 1. The summed E-state index contributed by atoms with van der Waals surface area (Å²) in [6.07, 6.45) is 3.30. The lowest BCUT2D eigenvalue weighted by Gasteiger charge is -2.33. The highest BCUT2D eigenvalue weighted by Crippen LogP contribution is 2.23. The summed E-state index contributed by atoms with van der Waals surface area (Å²) < 4.78 is 26.5. The summed E-state index contributed by atoms with van der Waals surface area (Å²) in [5.41, 5.74) is 2.37. The monoisotopic (exact) mass is 501 g/mol. The van der Waals surface area contributed by atoms with E-state index in [1.165, 1.54) is 4.90 Å². The Balaban J connectivity index is 2.37. The first kappa shape index (κ1) is 28.4. The molecule has 7 nitrogen and oxygen atoms in total. The van der Waals surface area contributed by atoms with E-state index in [0.29, 0.717) is 24.6 Å². The van der Waals surface area contributed by atoms with Crippen molar-refractivity contribution < 1.29 is 18.0 Å². The number of anilines is 1. The van der Waals surface area contributed by atoms with Crippen molar-refractivity contribution >= 4 is 27.5 Å². The van der Waals surface area contributed by atoms with Gasteiger partial charge < -0.3 is 10.2 Å². The van der Waals surface area contributed by atoms with Crippen LogP contribution in [0.25, 0.3) is 0 Å². The quantitative estimate of drug-likeness (QED) is 0.415. The van der Waals surface area contributed by atoms with E-state index in [4.69, 9.17) is 0 Å². The van der Waals surface area contributed by atoms with E-state index in [-0.39, 0.29) is 19.0 Å². The number of carbonyl (C=O) groups excluding carboxylic acids is 2. The first-order valence-electron chi connectivity index (χ1n) is 12.3. The maximum absolute atomic E-state index is 13.6. The highest BCUT2D eigenvalue weighted by Gasteiger charge is 2.31. The van der Waals surface area contributed by atoms with E-state index in [1.54, 1.807) is 12.1 Å². The van der Waals surface area contributed by atoms with Crippen molar-refractivity contribution in [3.05, 3.63) is 65.7 Å². The van der Waals surface area contributed by atoms with Crippen LogP contribution in [-0.4, -0.2) is 50.5 Å². The molecule has 2 aromatic rings. The van der Waals surface area contributed by atoms with Crippen molar-refractivity contribution in [2.24, 2.45) is 0 Å². The van der Waals surface area contributed by atoms with Gasteiger partial charge in [0.25, 0.3) is 0 Å². The maximum Gasteiger partial charge on any atom is 0.244 e. The second-order valence-electron chi connectivity index (χ2n) is 9.09. The lowest BCUT2D eigenvalue weighted by molar-refractivity contribution is -0.140. The van der Waals surface area contributed by atoms with Gasteiger partial charge in [-0.2, -0.15) is 0 Å². The second kappa shape index (κ2) is 13.3. The van der Waals surface area contributed by atoms with Crippen molar-refractivity contribution in [1.29, 1.82) is 0 Å². The summed E-state index contributed by atoms with van der Waals surface area (Å²) in [7, 11) is -3.74.